The average molecular weight is 272 g/mol. The number of rotatable bonds is 2. The normalized spacial score (nSPS) is 21.9. The van der Waals surface area contributed by atoms with E-state index in [2.05, 4.69) is 22.0 Å². The zero-order valence-electron chi connectivity index (χ0n) is 10.3. The lowest BCUT2D eigenvalue weighted by molar-refractivity contribution is 0.422. The van der Waals surface area contributed by atoms with Crippen LogP contribution in [0.2, 0.25) is 0 Å². The van der Waals surface area contributed by atoms with Gasteiger partial charge in [-0.3, -0.25) is 0 Å². The summed E-state index contributed by atoms with van der Waals surface area (Å²) >= 11 is 1.46. The van der Waals surface area contributed by atoms with Crippen molar-refractivity contribution in [3.63, 3.8) is 0 Å². The predicted molar refractivity (Wildman–Crippen MR) is 73.8 cm³/mol. The molecule has 2 atom stereocenters. The molecule has 3 aromatic rings. The molecule has 1 aliphatic rings. The lowest BCUT2D eigenvalue weighted by atomic mass is 10.2. The van der Waals surface area contributed by atoms with Crippen LogP contribution in [-0.4, -0.2) is 15.1 Å². The van der Waals surface area contributed by atoms with Crippen molar-refractivity contribution in [2.24, 2.45) is 5.92 Å². The summed E-state index contributed by atoms with van der Waals surface area (Å²) in [6.45, 7) is 2.20. The Balaban J connectivity index is 1.74. The van der Waals surface area contributed by atoms with Gasteiger partial charge in [-0.15, -0.1) is 0 Å². The summed E-state index contributed by atoms with van der Waals surface area (Å²) in [7, 11) is 0. The fraction of sp³-hybridized carbons (Fsp3) is 0.308. The van der Waals surface area contributed by atoms with Gasteiger partial charge in [0.15, 0.2) is 11.0 Å². The van der Waals surface area contributed by atoms with Crippen molar-refractivity contribution in [1.29, 1.82) is 0 Å². The number of thiazole rings is 1. The van der Waals surface area contributed by atoms with Crippen LogP contribution in [-0.2, 0) is 0 Å². The molecule has 2 N–H and O–H groups in total. The summed E-state index contributed by atoms with van der Waals surface area (Å²) in [5, 5.41) is 4.64. The van der Waals surface area contributed by atoms with Gasteiger partial charge in [0.1, 0.15) is 0 Å². The summed E-state index contributed by atoms with van der Waals surface area (Å²) < 4.78 is 6.38. The summed E-state index contributed by atoms with van der Waals surface area (Å²) in [6, 6.07) is 5.87. The SMILES string of the molecule is CC1CC1c1noc(-c2ccc3nc(N)sc3c2)n1. The van der Waals surface area contributed by atoms with E-state index >= 15 is 0 Å². The van der Waals surface area contributed by atoms with Gasteiger partial charge in [-0.1, -0.05) is 23.4 Å². The van der Waals surface area contributed by atoms with E-state index in [1.54, 1.807) is 0 Å². The van der Waals surface area contributed by atoms with E-state index in [4.69, 9.17) is 10.3 Å². The Morgan fingerprint density at radius 2 is 2.21 bits per heavy atom. The highest BCUT2D eigenvalue weighted by molar-refractivity contribution is 7.22. The van der Waals surface area contributed by atoms with Crippen LogP contribution in [0, 0.1) is 5.92 Å². The molecule has 0 spiro atoms. The van der Waals surface area contributed by atoms with E-state index in [0.29, 0.717) is 22.9 Å². The van der Waals surface area contributed by atoms with Gasteiger partial charge < -0.3 is 10.3 Å². The summed E-state index contributed by atoms with van der Waals surface area (Å²) in [5.74, 6) is 2.55. The van der Waals surface area contributed by atoms with E-state index < -0.39 is 0 Å². The molecule has 2 aromatic heterocycles. The number of nitrogen functional groups attached to an aromatic ring is 1. The monoisotopic (exact) mass is 272 g/mol. The molecule has 1 fully saturated rings. The molecule has 1 saturated carbocycles. The Hall–Kier alpha value is -1.95. The summed E-state index contributed by atoms with van der Waals surface area (Å²) in [6.07, 6.45) is 1.16. The third kappa shape index (κ3) is 1.79. The zero-order chi connectivity index (χ0) is 13.0. The van der Waals surface area contributed by atoms with Crippen LogP contribution in [0.1, 0.15) is 25.1 Å². The Morgan fingerprint density at radius 3 is 3.00 bits per heavy atom. The van der Waals surface area contributed by atoms with Crippen LogP contribution < -0.4 is 5.73 Å². The molecular weight excluding hydrogens is 260 g/mol. The molecule has 4 rings (SSSR count). The minimum Gasteiger partial charge on any atom is -0.375 e. The zero-order valence-corrected chi connectivity index (χ0v) is 11.1. The first kappa shape index (κ1) is 10.9. The molecule has 0 aliphatic heterocycles. The van der Waals surface area contributed by atoms with Crippen LogP contribution in [0.4, 0.5) is 5.13 Å². The largest absolute Gasteiger partial charge is 0.375 e. The number of nitrogens with two attached hydrogens (primary N) is 1. The molecule has 19 heavy (non-hydrogen) atoms. The fourth-order valence-electron chi connectivity index (χ4n) is 2.26. The molecule has 2 heterocycles. The van der Waals surface area contributed by atoms with Gasteiger partial charge in [0.25, 0.3) is 5.89 Å². The third-order valence-electron chi connectivity index (χ3n) is 3.53. The predicted octanol–water partition coefficient (Wildman–Crippen LogP) is 3.05. The molecule has 0 radical (unpaired) electrons. The van der Waals surface area contributed by atoms with E-state index in [-0.39, 0.29) is 0 Å². The number of aromatic nitrogens is 3. The number of hydrogen-bond acceptors (Lipinski definition) is 6. The molecule has 0 amide bonds. The first-order valence-electron chi connectivity index (χ1n) is 6.21. The van der Waals surface area contributed by atoms with Crippen molar-refractivity contribution < 1.29 is 4.52 Å². The highest BCUT2D eigenvalue weighted by atomic mass is 32.1. The van der Waals surface area contributed by atoms with Crippen molar-refractivity contribution in [2.75, 3.05) is 5.73 Å². The first-order chi connectivity index (χ1) is 9.20. The van der Waals surface area contributed by atoms with Gasteiger partial charge in [-0.25, -0.2) is 4.98 Å². The quantitative estimate of drug-likeness (QED) is 0.775. The third-order valence-corrected chi connectivity index (χ3v) is 4.38. The lowest BCUT2D eigenvalue weighted by Crippen LogP contribution is -1.84. The number of anilines is 1. The number of benzene rings is 1. The smallest absolute Gasteiger partial charge is 0.257 e. The van der Waals surface area contributed by atoms with Gasteiger partial charge in [0, 0.05) is 11.5 Å². The van der Waals surface area contributed by atoms with Crippen LogP contribution in [0.15, 0.2) is 22.7 Å². The van der Waals surface area contributed by atoms with Crippen molar-refractivity contribution in [1.82, 2.24) is 15.1 Å². The molecular formula is C13H12N4OS. The Morgan fingerprint density at radius 1 is 1.37 bits per heavy atom. The number of hydrogen-bond donors (Lipinski definition) is 1. The topological polar surface area (TPSA) is 77.8 Å². The van der Waals surface area contributed by atoms with Gasteiger partial charge in [0.05, 0.1) is 10.2 Å². The first-order valence-corrected chi connectivity index (χ1v) is 7.02. The van der Waals surface area contributed by atoms with Crippen molar-refractivity contribution in [3.8, 4) is 11.5 Å². The molecule has 5 nitrogen and oxygen atoms in total. The van der Waals surface area contributed by atoms with Gasteiger partial charge in [0.2, 0.25) is 0 Å². The fourth-order valence-corrected chi connectivity index (χ4v) is 3.03. The minimum absolute atomic E-state index is 0.472. The van der Waals surface area contributed by atoms with E-state index in [0.717, 1.165) is 28.0 Å². The summed E-state index contributed by atoms with van der Waals surface area (Å²) in [5.41, 5.74) is 7.53. The highest BCUT2D eigenvalue weighted by Crippen LogP contribution is 2.45. The van der Waals surface area contributed by atoms with Crippen LogP contribution >= 0.6 is 11.3 Å². The average Bonchev–Trinajstić information content (AvgIpc) is 2.82. The number of fused-ring (bicyclic) bond motifs is 1. The molecule has 0 saturated heterocycles. The molecule has 6 heteroatoms. The van der Waals surface area contributed by atoms with Crippen molar-refractivity contribution in [2.45, 2.75) is 19.3 Å². The molecule has 2 unspecified atom stereocenters. The molecule has 1 aliphatic carbocycles. The Bertz CT molecular complexity index is 763. The molecule has 1 aromatic carbocycles. The van der Waals surface area contributed by atoms with Crippen LogP contribution in [0.25, 0.3) is 21.7 Å². The number of nitrogens with zero attached hydrogens (tertiary/aromatic N) is 3. The van der Waals surface area contributed by atoms with Gasteiger partial charge >= 0.3 is 0 Å². The van der Waals surface area contributed by atoms with Gasteiger partial charge in [-0.05, 0) is 30.5 Å². The second kappa shape index (κ2) is 3.77. The standard InChI is InChI=1S/C13H12N4OS/c1-6-4-8(6)11-16-12(18-17-11)7-2-3-9-10(5-7)19-13(14)15-9/h2-3,5-6,8H,4H2,1H3,(H2,14,15). The minimum atomic E-state index is 0.472. The second-order valence-corrected chi connectivity index (χ2v) is 6.07. The second-order valence-electron chi connectivity index (χ2n) is 5.01. The van der Waals surface area contributed by atoms with Crippen molar-refractivity contribution in [3.05, 3.63) is 24.0 Å². The maximum Gasteiger partial charge on any atom is 0.257 e. The Kier molecular flexibility index (Phi) is 2.17. The highest BCUT2D eigenvalue weighted by Gasteiger charge is 2.38. The van der Waals surface area contributed by atoms with E-state index in [1.165, 1.54) is 11.3 Å². The molecule has 0 bridgehead atoms. The van der Waals surface area contributed by atoms with E-state index in [1.807, 2.05) is 18.2 Å². The molecule has 96 valence electrons. The van der Waals surface area contributed by atoms with Crippen LogP contribution in [0.3, 0.4) is 0 Å². The van der Waals surface area contributed by atoms with Gasteiger partial charge in [-0.2, -0.15) is 4.98 Å². The Labute approximate surface area is 113 Å². The maximum absolute atomic E-state index is 5.70. The summed E-state index contributed by atoms with van der Waals surface area (Å²) in [4.78, 5) is 8.71. The maximum atomic E-state index is 5.70. The lowest BCUT2D eigenvalue weighted by Gasteiger charge is -1.93. The van der Waals surface area contributed by atoms with E-state index in [9.17, 15) is 0 Å². The van der Waals surface area contributed by atoms with Crippen LogP contribution in [0.5, 0.6) is 0 Å². The van der Waals surface area contributed by atoms with Crippen molar-refractivity contribution >= 4 is 26.7 Å².